The van der Waals surface area contributed by atoms with E-state index in [9.17, 15) is 9.59 Å². The number of carboxylic acid groups (broad SMARTS) is 1. The third-order valence-corrected chi connectivity index (χ3v) is 3.27. The number of carbonyl (C=O) groups is 2. The molecule has 2 amide bonds. The molecule has 0 aliphatic carbocycles. The molecule has 0 aromatic carbocycles. The summed E-state index contributed by atoms with van der Waals surface area (Å²) in [5.41, 5.74) is 0. The molecule has 1 aliphatic heterocycles. The van der Waals surface area contributed by atoms with E-state index >= 15 is 0 Å². The minimum atomic E-state index is -0.882. The molecule has 6 heteroatoms. The molecular formula is C13H24N2O4. The zero-order chi connectivity index (χ0) is 14.3. The van der Waals surface area contributed by atoms with Crippen molar-refractivity contribution in [3.63, 3.8) is 0 Å². The maximum atomic E-state index is 12.1. The topological polar surface area (TPSA) is 78.9 Å². The predicted octanol–water partition coefficient (Wildman–Crippen LogP) is 1.45. The van der Waals surface area contributed by atoms with Crippen molar-refractivity contribution >= 4 is 12.0 Å². The van der Waals surface area contributed by atoms with E-state index in [1.165, 1.54) is 0 Å². The first kappa shape index (κ1) is 15.8. The Labute approximate surface area is 114 Å². The van der Waals surface area contributed by atoms with E-state index in [2.05, 4.69) is 5.32 Å². The molecule has 2 atom stereocenters. The highest BCUT2D eigenvalue weighted by molar-refractivity contribution is 5.76. The van der Waals surface area contributed by atoms with Gasteiger partial charge in [0.15, 0.2) is 0 Å². The van der Waals surface area contributed by atoms with Gasteiger partial charge in [-0.1, -0.05) is 20.3 Å². The number of urea groups is 1. The first-order valence-electron chi connectivity index (χ1n) is 6.95. The Kier molecular flexibility index (Phi) is 6.62. The van der Waals surface area contributed by atoms with Crippen molar-refractivity contribution in [3.05, 3.63) is 0 Å². The summed E-state index contributed by atoms with van der Waals surface area (Å²) in [4.78, 5) is 24.6. The van der Waals surface area contributed by atoms with Gasteiger partial charge in [-0.15, -0.1) is 0 Å². The second-order valence-corrected chi connectivity index (χ2v) is 4.88. The van der Waals surface area contributed by atoms with Gasteiger partial charge in [-0.05, 0) is 12.8 Å². The molecule has 2 unspecified atom stereocenters. The maximum absolute atomic E-state index is 12.1. The third-order valence-electron chi connectivity index (χ3n) is 3.27. The molecule has 0 aromatic rings. The van der Waals surface area contributed by atoms with Gasteiger partial charge in [0.25, 0.3) is 0 Å². The molecular weight excluding hydrogens is 248 g/mol. The van der Waals surface area contributed by atoms with Crippen LogP contribution in [0.15, 0.2) is 0 Å². The van der Waals surface area contributed by atoms with Crippen molar-refractivity contribution in [2.45, 2.75) is 51.7 Å². The molecule has 19 heavy (non-hydrogen) atoms. The normalized spacial score (nSPS) is 20.9. The second-order valence-electron chi connectivity index (χ2n) is 4.88. The summed E-state index contributed by atoms with van der Waals surface area (Å²) >= 11 is 0. The molecule has 1 aliphatic rings. The van der Waals surface area contributed by atoms with Crippen molar-refractivity contribution < 1.29 is 19.4 Å². The molecule has 1 fully saturated rings. The third kappa shape index (κ3) is 5.46. The summed E-state index contributed by atoms with van der Waals surface area (Å²) in [6, 6.07) is -0.473. The molecule has 1 rings (SSSR count). The van der Waals surface area contributed by atoms with Crippen LogP contribution < -0.4 is 5.32 Å². The van der Waals surface area contributed by atoms with Crippen LogP contribution in [-0.2, 0) is 9.53 Å². The second kappa shape index (κ2) is 7.99. The number of carboxylic acids is 1. The molecule has 1 saturated heterocycles. The van der Waals surface area contributed by atoms with Crippen LogP contribution in [0.5, 0.6) is 0 Å². The quantitative estimate of drug-likeness (QED) is 0.767. The number of hydrogen-bond acceptors (Lipinski definition) is 3. The van der Waals surface area contributed by atoms with E-state index in [0.29, 0.717) is 26.1 Å². The fraction of sp³-hybridized carbons (Fsp3) is 0.846. The predicted molar refractivity (Wildman–Crippen MR) is 71.1 cm³/mol. The molecule has 0 bridgehead atoms. The number of amides is 2. The molecule has 0 saturated carbocycles. The number of morpholine rings is 1. The lowest BCUT2D eigenvalue weighted by Gasteiger charge is -2.33. The van der Waals surface area contributed by atoms with Crippen LogP contribution in [0.2, 0.25) is 0 Å². The van der Waals surface area contributed by atoms with Crippen LogP contribution in [0.25, 0.3) is 0 Å². The van der Waals surface area contributed by atoms with Gasteiger partial charge >= 0.3 is 12.0 Å². The minimum absolute atomic E-state index is 0.0267. The van der Waals surface area contributed by atoms with Gasteiger partial charge in [-0.3, -0.25) is 4.79 Å². The number of hydrogen-bond donors (Lipinski definition) is 2. The van der Waals surface area contributed by atoms with Gasteiger partial charge < -0.3 is 20.1 Å². The van der Waals surface area contributed by atoms with Gasteiger partial charge in [0, 0.05) is 19.1 Å². The lowest BCUT2D eigenvalue weighted by Crippen LogP contribution is -2.52. The number of carbonyl (C=O) groups excluding carboxylic acids is 1. The number of aliphatic carboxylic acids is 1. The van der Waals surface area contributed by atoms with Gasteiger partial charge in [0.05, 0.1) is 19.1 Å². The molecule has 0 spiro atoms. The van der Waals surface area contributed by atoms with Gasteiger partial charge in [0.2, 0.25) is 0 Å². The smallest absolute Gasteiger partial charge is 0.317 e. The zero-order valence-corrected chi connectivity index (χ0v) is 11.7. The van der Waals surface area contributed by atoms with Crippen LogP contribution in [0.4, 0.5) is 4.79 Å². The standard InChI is InChI=1S/C13H24N2O4/c1-3-5-10(8-12(16)17)14-13(18)15-6-7-19-11(4-2)9-15/h10-11H,3-9H2,1-2H3,(H,14,18)(H,16,17). The van der Waals surface area contributed by atoms with E-state index in [-0.39, 0.29) is 24.6 Å². The number of rotatable bonds is 6. The average Bonchev–Trinajstić information content (AvgIpc) is 2.38. The Hall–Kier alpha value is -1.30. The zero-order valence-electron chi connectivity index (χ0n) is 11.7. The van der Waals surface area contributed by atoms with Crippen molar-refractivity contribution in [1.29, 1.82) is 0 Å². The summed E-state index contributed by atoms with van der Waals surface area (Å²) in [5.74, 6) is -0.882. The van der Waals surface area contributed by atoms with Crippen molar-refractivity contribution in [2.75, 3.05) is 19.7 Å². The van der Waals surface area contributed by atoms with Crippen LogP contribution in [0.3, 0.4) is 0 Å². The Bertz CT molecular complexity index is 309. The van der Waals surface area contributed by atoms with Crippen molar-refractivity contribution in [2.24, 2.45) is 0 Å². The van der Waals surface area contributed by atoms with E-state index < -0.39 is 5.97 Å². The van der Waals surface area contributed by atoms with E-state index in [0.717, 1.165) is 12.8 Å². The molecule has 2 N–H and O–H groups in total. The number of nitrogens with zero attached hydrogens (tertiary/aromatic N) is 1. The fourth-order valence-electron chi connectivity index (χ4n) is 2.20. The SMILES string of the molecule is CCCC(CC(=O)O)NC(=O)N1CCOC(CC)C1. The summed E-state index contributed by atoms with van der Waals surface area (Å²) in [7, 11) is 0. The van der Waals surface area contributed by atoms with Gasteiger partial charge in [-0.25, -0.2) is 4.79 Å². The highest BCUT2D eigenvalue weighted by Gasteiger charge is 2.25. The first-order valence-corrected chi connectivity index (χ1v) is 6.95. The fourth-order valence-corrected chi connectivity index (χ4v) is 2.20. The minimum Gasteiger partial charge on any atom is -0.481 e. The highest BCUT2D eigenvalue weighted by Crippen LogP contribution is 2.09. The van der Waals surface area contributed by atoms with E-state index in [4.69, 9.17) is 9.84 Å². The Morgan fingerprint density at radius 2 is 2.21 bits per heavy atom. The molecule has 1 heterocycles. The highest BCUT2D eigenvalue weighted by atomic mass is 16.5. The number of ether oxygens (including phenoxy) is 1. The lowest BCUT2D eigenvalue weighted by atomic mass is 10.1. The molecule has 0 aromatic heterocycles. The van der Waals surface area contributed by atoms with Crippen molar-refractivity contribution in [1.82, 2.24) is 10.2 Å². The van der Waals surface area contributed by atoms with E-state index in [1.54, 1.807) is 4.90 Å². The average molecular weight is 272 g/mol. The summed E-state index contributed by atoms with van der Waals surface area (Å²) in [6.07, 6.45) is 2.46. The van der Waals surface area contributed by atoms with Gasteiger partial charge in [0.1, 0.15) is 0 Å². The summed E-state index contributed by atoms with van der Waals surface area (Å²) < 4.78 is 5.51. The molecule has 0 radical (unpaired) electrons. The van der Waals surface area contributed by atoms with Crippen LogP contribution in [-0.4, -0.2) is 53.8 Å². The largest absolute Gasteiger partial charge is 0.481 e. The number of nitrogens with one attached hydrogen (secondary N) is 1. The Morgan fingerprint density at radius 3 is 2.79 bits per heavy atom. The van der Waals surface area contributed by atoms with E-state index in [1.807, 2.05) is 13.8 Å². The van der Waals surface area contributed by atoms with Crippen LogP contribution >= 0.6 is 0 Å². The first-order chi connectivity index (χ1) is 9.06. The maximum Gasteiger partial charge on any atom is 0.317 e. The monoisotopic (exact) mass is 272 g/mol. The van der Waals surface area contributed by atoms with Crippen molar-refractivity contribution in [3.8, 4) is 0 Å². The summed E-state index contributed by atoms with van der Waals surface area (Å²) in [5, 5.41) is 11.6. The Morgan fingerprint density at radius 1 is 1.47 bits per heavy atom. The molecule has 6 nitrogen and oxygen atoms in total. The molecule has 110 valence electrons. The van der Waals surface area contributed by atoms with Crippen LogP contribution in [0.1, 0.15) is 39.5 Å². The van der Waals surface area contributed by atoms with Crippen LogP contribution in [0, 0.1) is 0 Å². The Balaban J connectivity index is 2.48. The lowest BCUT2D eigenvalue weighted by molar-refractivity contribution is -0.137. The summed E-state index contributed by atoms with van der Waals surface area (Å²) in [6.45, 7) is 5.69. The van der Waals surface area contributed by atoms with Gasteiger partial charge in [-0.2, -0.15) is 0 Å².